The molecule has 1 saturated heterocycles. The number of benzene rings is 3. The van der Waals surface area contributed by atoms with Crippen LogP contribution in [0.2, 0.25) is 0 Å². The number of esters is 1. The lowest BCUT2D eigenvalue weighted by molar-refractivity contribution is -0.146. The topological polar surface area (TPSA) is 55.4 Å². The first kappa shape index (κ1) is 18.6. The molecule has 0 bridgehead atoms. The minimum absolute atomic E-state index is 0.0977. The summed E-state index contributed by atoms with van der Waals surface area (Å²) in [6, 6.07) is 21.4. The fourth-order valence-corrected chi connectivity index (χ4v) is 4.95. The van der Waals surface area contributed by atoms with E-state index in [9.17, 15) is 9.59 Å². The number of allylic oxidation sites excluding steroid dienone is 1. The molecule has 150 valence electrons. The van der Waals surface area contributed by atoms with E-state index in [-0.39, 0.29) is 17.8 Å². The summed E-state index contributed by atoms with van der Waals surface area (Å²) in [7, 11) is 0. The van der Waals surface area contributed by atoms with Gasteiger partial charge in [-0.25, -0.2) is 0 Å². The van der Waals surface area contributed by atoms with Gasteiger partial charge in [-0.15, -0.1) is 0 Å². The van der Waals surface area contributed by atoms with E-state index in [1.807, 2.05) is 66.7 Å². The Hall–Kier alpha value is -3.40. The van der Waals surface area contributed by atoms with E-state index in [0.29, 0.717) is 25.0 Å². The molecule has 0 aromatic heterocycles. The Balaban J connectivity index is 1.34. The Kier molecular flexibility index (Phi) is 4.43. The first-order chi connectivity index (χ1) is 14.5. The van der Waals surface area contributed by atoms with Crippen LogP contribution in [0.15, 0.2) is 78.9 Å². The van der Waals surface area contributed by atoms with E-state index in [4.69, 9.17) is 4.74 Å². The van der Waals surface area contributed by atoms with Crippen LogP contribution < -0.4 is 5.32 Å². The number of anilines is 1. The number of hydrogen-bond donors (Lipinski definition) is 1. The van der Waals surface area contributed by atoms with Crippen molar-refractivity contribution in [2.24, 2.45) is 11.3 Å². The number of cyclic esters (lactones) is 1. The number of hydrogen-bond acceptors (Lipinski definition) is 3. The van der Waals surface area contributed by atoms with Gasteiger partial charge in [0.25, 0.3) is 5.91 Å². The van der Waals surface area contributed by atoms with Crippen LogP contribution in [-0.2, 0) is 16.0 Å². The van der Waals surface area contributed by atoms with Gasteiger partial charge < -0.3 is 10.1 Å². The largest absolute Gasteiger partial charge is 0.465 e. The first-order valence-electron chi connectivity index (χ1n) is 10.3. The minimum Gasteiger partial charge on any atom is -0.465 e. The van der Waals surface area contributed by atoms with Gasteiger partial charge in [-0.1, -0.05) is 60.7 Å². The van der Waals surface area contributed by atoms with Crippen molar-refractivity contribution in [2.45, 2.75) is 19.3 Å². The molecule has 3 aromatic rings. The summed E-state index contributed by atoms with van der Waals surface area (Å²) in [5, 5.41) is 4.96. The number of nitrogens with one attached hydrogen (secondary N) is 1. The molecule has 4 nitrogen and oxygen atoms in total. The normalized spacial score (nSPS) is 22.7. The summed E-state index contributed by atoms with van der Waals surface area (Å²) in [4.78, 5) is 25.3. The standard InChI is InChI=1S/C26H23NO3/c1-17-13-20-16-30-25(29)26(20,14-17)15-18-9-11-21(12-10-18)27-24(28)23-8-4-6-19-5-2-3-7-22(19)23/h2-12,20H,1,13-16H2,(H,27,28). The van der Waals surface area contributed by atoms with E-state index < -0.39 is 5.41 Å². The van der Waals surface area contributed by atoms with Crippen LogP contribution in [0.25, 0.3) is 10.8 Å². The van der Waals surface area contributed by atoms with Gasteiger partial charge >= 0.3 is 5.97 Å². The molecule has 30 heavy (non-hydrogen) atoms. The quantitative estimate of drug-likeness (QED) is 0.490. The molecule has 5 rings (SSSR count). The van der Waals surface area contributed by atoms with Crippen LogP contribution in [0.4, 0.5) is 5.69 Å². The fourth-order valence-electron chi connectivity index (χ4n) is 4.95. The Morgan fingerprint density at radius 3 is 2.67 bits per heavy atom. The van der Waals surface area contributed by atoms with Crippen LogP contribution in [0.1, 0.15) is 28.8 Å². The highest BCUT2D eigenvalue weighted by Crippen LogP contribution is 2.52. The van der Waals surface area contributed by atoms with Crippen molar-refractivity contribution < 1.29 is 14.3 Å². The molecule has 2 unspecified atom stereocenters. The van der Waals surface area contributed by atoms with Crippen LogP contribution >= 0.6 is 0 Å². The molecule has 1 aliphatic carbocycles. The molecule has 2 aliphatic rings. The van der Waals surface area contributed by atoms with Gasteiger partial charge in [-0.05, 0) is 53.8 Å². The maximum atomic E-state index is 12.8. The molecule has 1 heterocycles. The number of fused-ring (bicyclic) bond motifs is 2. The molecule has 4 heteroatoms. The molecule has 1 amide bonds. The molecule has 2 fully saturated rings. The maximum absolute atomic E-state index is 12.8. The number of rotatable bonds is 4. The first-order valence-corrected chi connectivity index (χ1v) is 10.3. The predicted octanol–water partition coefficient (Wildman–Crippen LogP) is 5.14. The summed E-state index contributed by atoms with van der Waals surface area (Å²) >= 11 is 0. The van der Waals surface area contributed by atoms with E-state index in [2.05, 4.69) is 11.9 Å². The molecule has 2 atom stereocenters. The molecular formula is C26H23NO3. The lowest BCUT2D eigenvalue weighted by Crippen LogP contribution is -2.31. The van der Waals surface area contributed by atoms with Gasteiger partial charge in [0.15, 0.2) is 0 Å². The predicted molar refractivity (Wildman–Crippen MR) is 117 cm³/mol. The molecule has 1 N–H and O–H groups in total. The lowest BCUT2D eigenvalue weighted by Gasteiger charge is -2.24. The third kappa shape index (κ3) is 3.09. The number of amides is 1. The average molecular weight is 397 g/mol. The smallest absolute Gasteiger partial charge is 0.313 e. The SMILES string of the molecule is C=C1CC2COC(=O)C2(Cc2ccc(NC(=O)c3cccc4ccccc34)cc2)C1. The molecule has 0 spiro atoms. The number of ether oxygens (including phenoxy) is 1. The van der Waals surface area contributed by atoms with Gasteiger partial charge in [-0.2, -0.15) is 0 Å². The summed E-state index contributed by atoms with van der Waals surface area (Å²) < 4.78 is 5.37. The van der Waals surface area contributed by atoms with Gasteiger partial charge in [-0.3, -0.25) is 9.59 Å². The second kappa shape index (κ2) is 7.13. The van der Waals surface area contributed by atoms with Crippen molar-refractivity contribution in [1.82, 2.24) is 0 Å². The zero-order valence-electron chi connectivity index (χ0n) is 16.7. The molecule has 0 radical (unpaired) electrons. The summed E-state index contributed by atoms with van der Waals surface area (Å²) in [6.07, 6.45) is 2.22. The third-order valence-corrected chi connectivity index (χ3v) is 6.47. The summed E-state index contributed by atoms with van der Waals surface area (Å²) in [5.74, 6) is -0.00704. The lowest BCUT2D eigenvalue weighted by atomic mass is 9.75. The Labute approximate surface area is 175 Å². The molecular weight excluding hydrogens is 374 g/mol. The molecule has 1 saturated carbocycles. The van der Waals surface area contributed by atoms with E-state index in [1.54, 1.807) is 0 Å². The molecule has 3 aromatic carbocycles. The summed E-state index contributed by atoms with van der Waals surface area (Å²) in [6.45, 7) is 4.60. The monoisotopic (exact) mass is 397 g/mol. The highest BCUT2D eigenvalue weighted by atomic mass is 16.5. The van der Waals surface area contributed by atoms with Crippen molar-refractivity contribution in [3.63, 3.8) is 0 Å². The highest BCUT2D eigenvalue weighted by molar-refractivity contribution is 6.12. The number of carbonyl (C=O) groups excluding carboxylic acids is 2. The van der Waals surface area contributed by atoms with Gasteiger partial charge in [0.2, 0.25) is 0 Å². The average Bonchev–Trinajstić information content (AvgIpc) is 3.22. The van der Waals surface area contributed by atoms with Gasteiger partial charge in [0.05, 0.1) is 12.0 Å². The highest BCUT2D eigenvalue weighted by Gasteiger charge is 2.55. The van der Waals surface area contributed by atoms with E-state index in [1.165, 1.54) is 0 Å². The van der Waals surface area contributed by atoms with Crippen molar-refractivity contribution >= 4 is 28.3 Å². The Morgan fingerprint density at radius 2 is 1.83 bits per heavy atom. The van der Waals surface area contributed by atoms with Crippen LogP contribution in [0.3, 0.4) is 0 Å². The second-order valence-electron chi connectivity index (χ2n) is 8.44. The minimum atomic E-state index is -0.467. The van der Waals surface area contributed by atoms with Crippen molar-refractivity contribution in [3.8, 4) is 0 Å². The van der Waals surface area contributed by atoms with Crippen molar-refractivity contribution in [3.05, 3.63) is 90.0 Å². The van der Waals surface area contributed by atoms with Gasteiger partial charge in [0, 0.05) is 17.2 Å². The van der Waals surface area contributed by atoms with Crippen molar-refractivity contribution in [2.75, 3.05) is 11.9 Å². The van der Waals surface area contributed by atoms with Crippen LogP contribution in [-0.4, -0.2) is 18.5 Å². The Bertz CT molecular complexity index is 1160. The zero-order chi connectivity index (χ0) is 20.7. The molecule has 1 aliphatic heterocycles. The van der Waals surface area contributed by atoms with Gasteiger partial charge in [0.1, 0.15) is 0 Å². The van der Waals surface area contributed by atoms with Crippen LogP contribution in [0, 0.1) is 11.3 Å². The second-order valence-corrected chi connectivity index (χ2v) is 8.44. The van der Waals surface area contributed by atoms with E-state index in [0.717, 1.165) is 34.0 Å². The van der Waals surface area contributed by atoms with Crippen molar-refractivity contribution in [1.29, 1.82) is 0 Å². The van der Waals surface area contributed by atoms with Crippen LogP contribution in [0.5, 0.6) is 0 Å². The zero-order valence-corrected chi connectivity index (χ0v) is 16.7. The fraction of sp³-hybridized carbons (Fsp3) is 0.231. The summed E-state index contributed by atoms with van der Waals surface area (Å²) in [5.41, 5.74) is 3.12. The third-order valence-electron chi connectivity index (χ3n) is 6.47. The van der Waals surface area contributed by atoms with E-state index >= 15 is 0 Å². The maximum Gasteiger partial charge on any atom is 0.313 e. The number of carbonyl (C=O) groups is 2. The Morgan fingerprint density at radius 1 is 1.07 bits per heavy atom.